The van der Waals surface area contributed by atoms with Gasteiger partial charge in [-0.2, -0.15) is 0 Å². The third-order valence-corrected chi connectivity index (χ3v) is 6.39. The molecular weight excluding hydrogens is 260 g/mol. The van der Waals surface area contributed by atoms with Crippen molar-refractivity contribution in [2.45, 2.75) is 69.9 Å². The molecule has 0 radical (unpaired) electrons. The van der Waals surface area contributed by atoms with Crippen LogP contribution < -0.4 is 0 Å². The average Bonchev–Trinajstić information content (AvgIpc) is 2.67. The van der Waals surface area contributed by atoms with Crippen LogP contribution in [-0.2, 0) is 9.53 Å². The van der Waals surface area contributed by atoms with Crippen LogP contribution in [0.2, 0.25) is 0 Å². The van der Waals surface area contributed by atoms with Gasteiger partial charge in [0.15, 0.2) is 0 Å². The monoisotopic (exact) mass is 284 g/mol. The Morgan fingerprint density at radius 3 is 2.50 bits per heavy atom. The average molecular weight is 284 g/mol. The summed E-state index contributed by atoms with van der Waals surface area (Å²) in [7, 11) is 0. The Morgan fingerprint density at radius 2 is 1.85 bits per heavy atom. The van der Waals surface area contributed by atoms with Gasteiger partial charge in [0.25, 0.3) is 0 Å². The molecule has 0 aromatic carbocycles. The van der Waals surface area contributed by atoms with Crippen LogP contribution in [0.1, 0.15) is 46.5 Å². The minimum absolute atomic E-state index is 0.0858. The van der Waals surface area contributed by atoms with Gasteiger partial charge in [-0.15, -0.1) is 0 Å². The van der Waals surface area contributed by atoms with Gasteiger partial charge in [-0.05, 0) is 32.6 Å². The van der Waals surface area contributed by atoms with E-state index in [1.165, 1.54) is 0 Å². The van der Waals surface area contributed by atoms with Gasteiger partial charge in [0.2, 0.25) is 0 Å². The number of rotatable bonds is 0. The van der Waals surface area contributed by atoms with E-state index < -0.39 is 28.8 Å². The lowest BCUT2D eigenvalue weighted by Crippen LogP contribution is -2.76. The van der Waals surface area contributed by atoms with Crippen LogP contribution in [-0.4, -0.2) is 44.7 Å². The first-order valence-electron chi connectivity index (χ1n) is 7.48. The molecule has 0 aromatic heterocycles. The Labute approximate surface area is 118 Å². The highest BCUT2D eigenvalue weighted by molar-refractivity contribution is 5.75. The molecule has 0 bridgehead atoms. The van der Waals surface area contributed by atoms with Crippen LogP contribution in [0.3, 0.4) is 0 Å². The van der Waals surface area contributed by atoms with E-state index in [2.05, 4.69) is 0 Å². The van der Waals surface area contributed by atoms with Gasteiger partial charge in [-0.25, -0.2) is 0 Å². The number of aliphatic hydroxyl groups excluding tert-OH is 1. The number of hydrogen-bond donors (Lipinski definition) is 3. The Kier molecular flexibility index (Phi) is 2.83. The van der Waals surface area contributed by atoms with Crippen molar-refractivity contribution in [3.05, 3.63) is 0 Å². The molecule has 1 heterocycles. The fraction of sp³-hybridized carbons (Fsp3) is 0.933. The number of aliphatic hydroxyl groups is 3. The van der Waals surface area contributed by atoms with Crippen molar-refractivity contribution in [3.8, 4) is 0 Å². The molecule has 0 aromatic rings. The number of carbonyl (C=O) groups is 1. The second-order valence-corrected chi connectivity index (χ2v) is 7.36. The summed E-state index contributed by atoms with van der Waals surface area (Å²) in [6.45, 7) is 5.21. The zero-order chi connectivity index (χ0) is 14.9. The van der Waals surface area contributed by atoms with Crippen LogP contribution in [0.4, 0.5) is 0 Å². The zero-order valence-corrected chi connectivity index (χ0v) is 12.3. The third kappa shape index (κ3) is 1.41. The molecule has 20 heavy (non-hydrogen) atoms. The number of esters is 1. The number of carbonyl (C=O) groups excluding carboxylic acids is 1. The second kappa shape index (κ2) is 3.96. The summed E-state index contributed by atoms with van der Waals surface area (Å²) in [6, 6.07) is 0. The summed E-state index contributed by atoms with van der Waals surface area (Å²) >= 11 is 0. The maximum atomic E-state index is 11.9. The van der Waals surface area contributed by atoms with Gasteiger partial charge >= 0.3 is 5.97 Å². The van der Waals surface area contributed by atoms with E-state index in [1.54, 1.807) is 13.8 Å². The quantitative estimate of drug-likeness (QED) is 0.567. The number of ether oxygens (including phenoxy) is 1. The predicted octanol–water partition coefficient (Wildman–Crippen LogP) is 0.601. The standard InChI is InChI=1S/C15H24O5/c1-8-9-4-6-13(2)10(16)5-7-14(3,18)15(13,19)11(9)20-12(8)17/h8-11,16,18-19H,4-7H2,1-3H3. The van der Waals surface area contributed by atoms with Gasteiger partial charge in [0.05, 0.1) is 17.6 Å². The second-order valence-electron chi connectivity index (χ2n) is 7.36. The first kappa shape index (κ1) is 14.3. The van der Waals surface area contributed by atoms with E-state index in [-0.39, 0.29) is 17.8 Å². The molecule has 114 valence electrons. The van der Waals surface area contributed by atoms with E-state index in [0.717, 1.165) is 6.42 Å². The lowest BCUT2D eigenvalue weighted by molar-refractivity contribution is -0.313. The van der Waals surface area contributed by atoms with E-state index in [9.17, 15) is 20.1 Å². The number of fused-ring (bicyclic) bond motifs is 3. The van der Waals surface area contributed by atoms with Crippen molar-refractivity contribution in [3.63, 3.8) is 0 Å². The maximum Gasteiger partial charge on any atom is 0.309 e. The fourth-order valence-corrected chi connectivity index (χ4v) is 4.80. The molecule has 3 aliphatic rings. The SMILES string of the molecule is CC1C(=O)OC2C1CCC1(C)C(O)CCC(C)(O)C21O. The van der Waals surface area contributed by atoms with Crippen LogP contribution in [0.15, 0.2) is 0 Å². The topological polar surface area (TPSA) is 87.0 Å². The third-order valence-electron chi connectivity index (χ3n) is 6.39. The molecule has 2 aliphatic carbocycles. The molecule has 5 heteroatoms. The van der Waals surface area contributed by atoms with E-state index in [1.807, 2.05) is 6.92 Å². The van der Waals surface area contributed by atoms with Crippen molar-refractivity contribution in [2.75, 3.05) is 0 Å². The summed E-state index contributed by atoms with van der Waals surface area (Å²) in [5, 5.41) is 32.5. The highest BCUT2D eigenvalue weighted by Crippen LogP contribution is 2.61. The van der Waals surface area contributed by atoms with Gasteiger partial charge in [-0.3, -0.25) is 4.79 Å². The normalized spacial score (nSPS) is 58.8. The Hall–Kier alpha value is -0.650. The van der Waals surface area contributed by atoms with Crippen LogP contribution in [0.5, 0.6) is 0 Å². The first-order chi connectivity index (χ1) is 9.15. The summed E-state index contributed by atoms with van der Waals surface area (Å²) < 4.78 is 5.44. The van der Waals surface area contributed by atoms with E-state index in [4.69, 9.17) is 4.74 Å². The zero-order valence-electron chi connectivity index (χ0n) is 12.3. The van der Waals surface area contributed by atoms with Crippen LogP contribution >= 0.6 is 0 Å². The molecule has 5 nitrogen and oxygen atoms in total. The molecule has 0 amide bonds. The molecule has 7 atom stereocenters. The highest BCUT2D eigenvalue weighted by atomic mass is 16.6. The summed E-state index contributed by atoms with van der Waals surface area (Å²) in [5.74, 6) is -0.658. The molecule has 3 fully saturated rings. The fourth-order valence-electron chi connectivity index (χ4n) is 4.80. The molecule has 3 rings (SSSR count). The molecule has 0 spiro atoms. The van der Waals surface area contributed by atoms with Crippen molar-refractivity contribution < 1.29 is 24.9 Å². The minimum Gasteiger partial charge on any atom is -0.459 e. The van der Waals surface area contributed by atoms with Gasteiger partial charge in [0, 0.05) is 11.3 Å². The highest BCUT2D eigenvalue weighted by Gasteiger charge is 2.73. The van der Waals surface area contributed by atoms with Crippen molar-refractivity contribution >= 4 is 5.97 Å². The van der Waals surface area contributed by atoms with Crippen molar-refractivity contribution in [2.24, 2.45) is 17.3 Å². The first-order valence-corrected chi connectivity index (χ1v) is 7.48. The smallest absolute Gasteiger partial charge is 0.309 e. The van der Waals surface area contributed by atoms with Gasteiger partial charge in [0.1, 0.15) is 11.7 Å². The molecule has 2 saturated carbocycles. The van der Waals surface area contributed by atoms with E-state index >= 15 is 0 Å². The van der Waals surface area contributed by atoms with Crippen molar-refractivity contribution in [1.82, 2.24) is 0 Å². The Bertz CT molecular complexity index is 448. The Morgan fingerprint density at radius 1 is 1.20 bits per heavy atom. The van der Waals surface area contributed by atoms with Gasteiger partial charge < -0.3 is 20.1 Å². The van der Waals surface area contributed by atoms with Gasteiger partial charge in [-0.1, -0.05) is 13.8 Å². The molecular formula is C15H24O5. The summed E-state index contributed by atoms with van der Waals surface area (Å²) in [5.41, 5.74) is -3.81. The summed E-state index contributed by atoms with van der Waals surface area (Å²) in [6.07, 6.45) is 0.645. The lowest BCUT2D eigenvalue weighted by Gasteiger charge is -2.63. The Balaban J connectivity index is 2.11. The minimum atomic E-state index is -1.60. The lowest BCUT2D eigenvalue weighted by atomic mass is 9.48. The predicted molar refractivity (Wildman–Crippen MR) is 70.7 cm³/mol. The van der Waals surface area contributed by atoms with E-state index in [0.29, 0.717) is 19.3 Å². The molecule has 1 aliphatic heterocycles. The molecule has 3 N–H and O–H groups in total. The maximum absolute atomic E-state index is 11.9. The number of hydrogen-bond acceptors (Lipinski definition) is 5. The van der Waals surface area contributed by atoms with Crippen molar-refractivity contribution in [1.29, 1.82) is 0 Å². The summed E-state index contributed by atoms with van der Waals surface area (Å²) in [4.78, 5) is 11.9. The molecule has 1 saturated heterocycles. The van der Waals surface area contributed by atoms with Crippen LogP contribution in [0.25, 0.3) is 0 Å². The van der Waals surface area contributed by atoms with Crippen LogP contribution in [0, 0.1) is 17.3 Å². The largest absolute Gasteiger partial charge is 0.459 e. The molecule has 7 unspecified atom stereocenters.